The number of halogens is 1. The van der Waals surface area contributed by atoms with Gasteiger partial charge in [0.1, 0.15) is 12.0 Å². The van der Waals surface area contributed by atoms with Crippen LogP contribution in [0.4, 0.5) is 5.69 Å². The van der Waals surface area contributed by atoms with Gasteiger partial charge in [0.25, 0.3) is 0 Å². The molecule has 2 fully saturated rings. The summed E-state index contributed by atoms with van der Waals surface area (Å²) in [4.78, 5) is 51.7. The number of anilines is 1. The van der Waals surface area contributed by atoms with Crippen LogP contribution < -0.4 is 5.32 Å². The van der Waals surface area contributed by atoms with Crippen molar-refractivity contribution in [1.29, 1.82) is 0 Å². The highest BCUT2D eigenvalue weighted by Gasteiger charge is 2.51. The highest BCUT2D eigenvalue weighted by Crippen LogP contribution is 2.40. The number of nitrogens with one attached hydrogen (secondary N) is 1. The number of esters is 3. The van der Waals surface area contributed by atoms with E-state index >= 15 is 0 Å². The Morgan fingerprint density at radius 2 is 1.68 bits per heavy atom. The number of hydrogen-bond acceptors (Lipinski definition) is 8. The summed E-state index contributed by atoms with van der Waals surface area (Å²) in [6, 6.07) is 16.4. The highest BCUT2D eigenvalue weighted by atomic mass is 35.5. The normalized spacial score (nSPS) is 21.6. The molecular weight excluding hydrogens is 536 g/mol. The lowest BCUT2D eigenvalue weighted by Crippen LogP contribution is -2.53. The minimum atomic E-state index is -0.534. The minimum Gasteiger partial charge on any atom is -0.466 e. The van der Waals surface area contributed by atoms with Crippen molar-refractivity contribution in [3.8, 4) is 0 Å². The van der Waals surface area contributed by atoms with Gasteiger partial charge in [0, 0.05) is 37.0 Å². The van der Waals surface area contributed by atoms with E-state index in [-0.39, 0.29) is 62.4 Å². The van der Waals surface area contributed by atoms with E-state index in [0.717, 1.165) is 18.4 Å². The van der Waals surface area contributed by atoms with Crippen molar-refractivity contribution in [2.75, 3.05) is 25.6 Å². The number of amides is 1. The first kappa shape index (κ1) is 31.1. The van der Waals surface area contributed by atoms with Crippen LogP contribution in [0.5, 0.6) is 0 Å². The monoisotopic (exact) mass is 572 g/mol. The molecule has 2 aliphatic heterocycles. The lowest BCUT2D eigenvalue weighted by molar-refractivity contribution is -0.159. The molecule has 0 spiro atoms. The maximum Gasteiger partial charge on any atom is 0.338 e. The van der Waals surface area contributed by atoms with Gasteiger partial charge in [0.15, 0.2) is 0 Å². The van der Waals surface area contributed by atoms with E-state index in [9.17, 15) is 19.2 Å². The maximum atomic E-state index is 13.3. The molecule has 2 saturated heterocycles. The number of carbonyl (C=O) groups excluding carboxylic acids is 4. The van der Waals surface area contributed by atoms with Crippen molar-refractivity contribution in [3.63, 3.8) is 0 Å². The van der Waals surface area contributed by atoms with Gasteiger partial charge in [-0.15, -0.1) is 12.4 Å². The van der Waals surface area contributed by atoms with Gasteiger partial charge in [0.2, 0.25) is 5.91 Å². The molecule has 2 unspecified atom stereocenters. The summed E-state index contributed by atoms with van der Waals surface area (Å²) in [5, 5.41) is 2.76. The van der Waals surface area contributed by atoms with Crippen LogP contribution in [0.25, 0.3) is 0 Å². The summed E-state index contributed by atoms with van der Waals surface area (Å²) < 4.78 is 16.4. The Bertz CT molecular complexity index is 1160. The van der Waals surface area contributed by atoms with Gasteiger partial charge < -0.3 is 19.5 Å². The third-order valence-corrected chi connectivity index (χ3v) is 7.49. The van der Waals surface area contributed by atoms with Crippen molar-refractivity contribution in [2.45, 2.75) is 63.6 Å². The minimum absolute atomic E-state index is 0. The Kier molecular flexibility index (Phi) is 11.5. The third kappa shape index (κ3) is 8.05. The van der Waals surface area contributed by atoms with Crippen molar-refractivity contribution < 1.29 is 33.4 Å². The molecule has 0 saturated carbocycles. The molecule has 0 radical (unpaired) electrons. The van der Waals surface area contributed by atoms with Crippen LogP contribution in [0.2, 0.25) is 0 Å². The third-order valence-electron chi connectivity index (χ3n) is 7.49. The van der Waals surface area contributed by atoms with Crippen LogP contribution in [0, 0.1) is 5.92 Å². The predicted octanol–water partition coefficient (Wildman–Crippen LogP) is 4.18. The molecule has 2 bridgehead atoms. The van der Waals surface area contributed by atoms with E-state index in [1.807, 2.05) is 25.2 Å². The zero-order valence-electron chi connectivity index (χ0n) is 22.9. The molecule has 10 heteroatoms. The molecule has 0 aromatic heterocycles. The second-order valence-electron chi connectivity index (χ2n) is 10.0. The van der Waals surface area contributed by atoms with Gasteiger partial charge in [-0.25, -0.2) is 4.79 Å². The predicted molar refractivity (Wildman–Crippen MR) is 151 cm³/mol. The van der Waals surface area contributed by atoms with Gasteiger partial charge in [-0.1, -0.05) is 30.3 Å². The first-order chi connectivity index (χ1) is 18.9. The molecule has 4 atom stereocenters. The Morgan fingerprint density at radius 1 is 0.950 bits per heavy atom. The quantitative estimate of drug-likeness (QED) is 0.315. The van der Waals surface area contributed by atoms with Gasteiger partial charge in [-0.3, -0.25) is 19.3 Å². The smallest absolute Gasteiger partial charge is 0.338 e. The molecule has 216 valence electrons. The lowest BCUT2D eigenvalue weighted by Gasteiger charge is -2.40. The Balaban J connectivity index is 0.00000441. The van der Waals surface area contributed by atoms with Crippen molar-refractivity contribution >= 4 is 41.9 Å². The van der Waals surface area contributed by atoms with Crippen molar-refractivity contribution in [3.05, 3.63) is 65.7 Å². The molecule has 1 amide bonds. The first-order valence-electron chi connectivity index (χ1n) is 13.5. The molecule has 40 heavy (non-hydrogen) atoms. The Hall–Kier alpha value is -3.43. The summed E-state index contributed by atoms with van der Waals surface area (Å²) in [5.74, 6) is -1.96. The van der Waals surface area contributed by atoms with Gasteiger partial charge in [-0.05, 0) is 56.6 Å². The topological polar surface area (TPSA) is 111 Å². The van der Waals surface area contributed by atoms with Gasteiger partial charge in [-0.2, -0.15) is 0 Å². The van der Waals surface area contributed by atoms with Crippen molar-refractivity contribution in [1.82, 2.24) is 4.90 Å². The fourth-order valence-corrected chi connectivity index (χ4v) is 5.42. The molecule has 2 aliphatic rings. The number of benzene rings is 2. The van der Waals surface area contributed by atoms with Crippen LogP contribution in [-0.2, 0) is 35.0 Å². The van der Waals surface area contributed by atoms with Crippen LogP contribution in [0.15, 0.2) is 54.6 Å². The molecule has 0 aliphatic carbocycles. The zero-order chi connectivity index (χ0) is 27.8. The summed E-state index contributed by atoms with van der Waals surface area (Å²) >= 11 is 0. The summed E-state index contributed by atoms with van der Waals surface area (Å²) in [5.41, 5.74) is 2.03. The van der Waals surface area contributed by atoms with Crippen LogP contribution in [-0.4, -0.2) is 67.2 Å². The largest absolute Gasteiger partial charge is 0.466 e. The van der Waals surface area contributed by atoms with E-state index in [1.54, 1.807) is 43.3 Å². The molecule has 1 N–H and O–H groups in total. The fourth-order valence-electron chi connectivity index (χ4n) is 5.42. The van der Waals surface area contributed by atoms with E-state index in [2.05, 4.69) is 10.2 Å². The average molecular weight is 573 g/mol. The highest BCUT2D eigenvalue weighted by molar-refractivity contribution is 5.92. The van der Waals surface area contributed by atoms with Crippen LogP contribution >= 0.6 is 12.4 Å². The SMILES string of the molecule is CCOC(=O)CCC(=O)Nc1ccc(CCOC(=O)C2C3CC[C@H](C[C@@H]2OC(=O)c2ccccc2)N3C)cc1.Cl. The maximum absolute atomic E-state index is 13.3. The van der Waals surface area contributed by atoms with E-state index in [1.165, 1.54) is 0 Å². The molecule has 2 aromatic rings. The van der Waals surface area contributed by atoms with E-state index in [4.69, 9.17) is 14.2 Å². The van der Waals surface area contributed by atoms with Crippen molar-refractivity contribution in [2.24, 2.45) is 5.92 Å². The Labute approximate surface area is 240 Å². The molecular formula is C30H37ClN2O7. The number of ether oxygens (including phenoxy) is 3. The molecule has 2 heterocycles. The number of hydrogen-bond donors (Lipinski definition) is 1. The summed E-state index contributed by atoms with van der Waals surface area (Å²) in [6.45, 7) is 2.21. The average Bonchev–Trinajstić information content (AvgIpc) is 3.16. The number of piperidine rings is 1. The van der Waals surface area contributed by atoms with Gasteiger partial charge >= 0.3 is 17.9 Å². The van der Waals surface area contributed by atoms with Crippen LogP contribution in [0.3, 0.4) is 0 Å². The lowest BCUT2D eigenvalue weighted by atomic mass is 9.87. The molecule has 2 aromatic carbocycles. The first-order valence-corrected chi connectivity index (χ1v) is 13.5. The van der Waals surface area contributed by atoms with E-state index < -0.39 is 24.0 Å². The van der Waals surface area contributed by atoms with Crippen LogP contribution in [0.1, 0.15) is 54.9 Å². The standard InChI is InChI=1S/C30H36N2O7.ClH/c1-3-37-27(34)16-15-26(33)31-22-11-9-20(10-12-22)17-18-38-30(36)28-24-14-13-23(32(24)2)19-25(28)39-29(35)21-7-5-4-6-8-21;/h4-12,23-25,28H,3,13-19H2,1-2H3,(H,31,33);1H/t23-,24?,25+,28?;/m1./s1. The second kappa shape index (κ2) is 14.8. The molecule has 4 rings (SSSR count). The summed E-state index contributed by atoms with van der Waals surface area (Å²) in [7, 11) is 2.02. The zero-order valence-corrected chi connectivity index (χ0v) is 23.7. The van der Waals surface area contributed by atoms with Gasteiger partial charge in [0.05, 0.1) is 25.2 Å². The second-order valence-corrected chi connectivity index (χ2v) is 10.0. The van der Waals surface area contributed by atoms with E-state index in [0.29, 0.717) is 24.1 Å². The Morgan fingerprint density at radius 3 is 2.38 bits per heavy atom. The number of fused-ring (bicyclic) bond motifs is 2. The fraction of sp³-hybridized carbons (Fsp3) is 0.467. The number of nitrogens with zero attached hydrogens (tertiary/aromatic N) is 1. The number of rotatable bonds is 11. The summed E-state index contributed by atoms with van der Waals surface area (Å²) in [6.07, 6.45) is 2.52. The number of carbonyl (C=O) groups is 4. The molecule has 9 nitrogen and oxygen atoms in total.